The number of carbonyl (C=O) groups excluding carboxylic acids is 1. The van der Waals surface area contributed by atoms with Crippen LogP contribution in [0, 0.1) is 11.7 Å². The molecule has 0 saturated heterocycles. The van der Waals surface area contributed by atoms with E-state index in [1.54, 1.807) is 13.2 Å². The number of nitrogens with one attached hydrogen (secondary N) is 1. The molecule has 138 valence electrons. The molecule has 0 atom stereocenters. The molecule has 0 aromatic heterocycles. The van der Waals surface area contributed by atoms with E-state index >= 15 is 0 Å². The van der Waals surface area contributed by atoms with Gasteiger partial charge in [0.2, 0.25) is 5.91 Å². The van der Waals surface area contributed by atoms with Crippen molar-refractivity contribution >= 4 is 23.2 Å². The molecule has 0 unspecified atom stereocenters. The lowest BCUT2D eigenvalue weighted by atomic mass is 9.77. The first kappa shape index (κ1) is 18.7. The Labute approximate surface area is 158 Å². The molecular formula is C21H23ClFNO2. The smallest absolute Gasteiger partial charge is 0.224 e. The minimum Gasteiger partial charge on any atom is -0.497 e. The molecule has 1 amide bonds. The summed E-state index contributed by atoms with van der Waals surface area (Å²) in [4.78, 5) is 12.2. The number of hydrogen-bond donors (Lipinski definition) is 1. The summed E-state index contributed by atoms with van der Waals surface area (Å²) in [5.41, 5.74) is 1.79. The van der Waals surface area contributed by atoms with E-state index in [-0.39, 0.29) is 10.9 Å². The van der Waals surface area contributed by atoms with E-state index < -0.39 is 5.82 Å². The largest absolute Gasteiger partial charge is 0.497 e. The number of hydrogen-bond acceptors (Lipinski definition) is 2. The molecule has 5 heteroatoms. The maximum atomic E-state index is 13.4. The van der Waals surface area contributed by atoms with Gasteiger partial charge in [-0.25, -0.2) is 4.39 Å². The second-order valence-corrected chi connectivity index (χ2v) is 7.28. The van der Waals surface area contributed by atoms with Crippen molar-refractivity contribution in [1.82, 2.24) is 0 Å². The molecule has 3 nitrogen and oxygen atoms in total. The van der Waals surface area contributed by atoms with Crippen molar-refractivity contribution in [3.8, 4) is 5.75 Å². The van der Waals surface area contributed by atoms with Gasteiger partial charge in [-0.2, -0.15) is 0 Å². The Morgan fingerprint density at radius 1 is 1.15 bits per heavy atom. The van der Waals surface area contributed by atoms with E-state index in [9.17, 15) is 9.18 Å². The number of benzene rings is 2. The van der Waals surface area contributed by atoms with Crippen molar-refractivity contribution in [2.75, 3.05) is 12.4 Å². The quantitative estimate of drug-likeness (QED) is 0.718. The van der Waals surface area contributed by atoms with E-state index in [1.807, 2.05) is 12.1 Å². The lowest BCUT2D eigenvalue weighted by molar-refractivity contribution is -0.117. The molecule has 1 aliphatic carbocycles. The maximum Gasteiger partial charge on any atom is 0.224 e. The third-order valence-electron chi connectivity index (χ3n) is 5.11. The van der Waals surface area contributed by atoms with Gasteiger partial charge in [0.15, 0.2) is 0 Å². The summed E-state index contributed by atoms with van der Waals surface area (Å²) in [5, 5.41) is 2.82. The monoisotopic (exact) mass is 375 g/mol. The molecule has 2 aromatic rings. The van der Waals surface area contributed by atoms with Crippen LogP contribution in [-0.2, 0) is 4.79 Å². The highest BCUT2D eigenvalue weighted by atomic mass is 35.5. The average Bonchev–Trinajstić information content (AvgIpc) is 2.65. The highest BCUT2D eigenvalue weighted by Crippen LogP contribution is 2.37. The van der Waals surface area contributed by atoms with Gasteiger partial charge < -0.3 is 10.1 Å². The highest BCUT2D eigenvalue weighted by molar-refractivity contribution is 6.30. The zero-order valence-corrected chi connectivity index (χ0v) is 15.6. The fourth-order valence-electron chi connectivity index (χ4n) is 3.62. The lowest BCUT2D eigenvalue weighted by Crippen LogP contribution is -2.20. The first-order valence-corrected chi connectivity index (χ1v) is 9.32. The predicted octanol–water partition coefficient (Wildman–Crippen LogP) is 5.79. The van der Waals surface area contributed by atoms with Crippen molar-refractivity contribution in [3.63, 3.8) is 0 Å². The predicted molar refractivity (Wildman–Crippen MR) is 102 cm³/mol. The summed E-state index contributed by atoms with van der Waals surface area (Å²) >= 11 is 5.66. The third kappa shape index (κ3) is 4.76. The molecule has 0 spiro atoms. The summed E-state index contributed by atoms with van der Waals surface area (Å²) in [6.45, 7) is 0. The summed E-state index contributed by atoms with van der Waals surface area (Å²) < 4.78 is 18.7. The Morgan fingerprint density at radius 2 is 1.85 bits per heavy atom. The number of carbonyl (C=O) groups is 1. The van der Waals surface area contributed by atoms with Gasteiger partial charge in [0.05, 0.1) is 12.1 Å². The normalized spacial score (nSPS) is 19.8. The van der Waals surface area contributed by atoms with Crippen LogP contribution in [0.25, 0.3) is 0 Å². The second-order valence-electron chi connectivity index (χ2n) is 6.87. The molecule has 0 radical (unpaired) electrons. The highest BCUT2D eigenvalue weighted by Gasteiger charge is 2.24. The molecule has 1 aliphatic rings. The van der Waals surface area contributed by atoms with E-state index in [0.717, 1.165) is 31.4 Å². The molecule has 0 heterocycles. The van der Waals surface area contributed by atoms with Gasteiger partial charge in [-0.1, -0.05) is 23.7 Å². The van der Waals surface area contributed by atoms with Crippen LogP contribution in [0.2, 0.25) is 5.02 Å². The molecule has 26 heavy (non-hydrogen) atoms. The topological polar surface area (TPSA) is 38.3 Å². The van der Waals surface area contributed by atoms with Crippen LogP contribution in [0.4, 0.5) is 10.1 Å². The van der Waals surface area contributed by atoms with Crippen LogP contribution in [0.15, 0.2) is 42.5 Å². The Kier molecular flexibility index (Phi) is 6.15. The fourth-order valence-corrected chi connectivity index (χ4v) is 3.74. The SMILES string of the molecule is COc1ccc(C2CCC(CC(=O)Nc3ccc(Cl)c(F)c3)CC2)cc1. The van der Waals surface area contributed by atoms with Crippen LogP contribution >= 0.6 is 11.6 Å². The van der Waals surface area contributed by atoms with Crippen molar-refractivity contribution in [2.24, 2.45) is 5.92 Å². The Hall–Kier alpha value is -2.07. The average molecular weight is 376 g/mol. The summed E-state index contributed by atoms with van der Waals surface area (Å²) in [6.07, 6.45) is 4.69. The van der Waals surface area contributed by atoms with Crippen LogP contribution < -0.4 is 10.1 Å². The number of amides is 1. The number of anilines is 1. The van der Waals surface area contributed by atoms with E-state index in [2.05, 4.69) is 17.4 Å². The number of ether oxygens (including phenoxy) is 1. The molecule has 3 rings (SSSR count). The first-order chi connectivity index (χ1) is 12.5. The first-order valence-electron chi connectivity index (χ1n) is 8.94. The molecule has 2 aromatic carbocycles. The van der Waals surface area contributed by atoms with Crippen molar-refractivity contribution < 1.29 is 13.9 Å². The number of rotatable bonds is 5. The number of halogens is 2. The van der Waals surface area contributed by atoms with E-state index in [0.29, 0.717) is 23.9 Å². The van der Waals surface area contributed by atoms with Gasteiger partial charge in [0.25, 0.3) is 0 Å². The zero-order chi connectivity index (χ0) is 18.5. The lowest BCUT2D eigenvalue weighted by Gasteiger charge is -2.28. The van der Waals surface area contributed by atoms with Crippen LogP contribution in [0.1, 0.15) is 43.6 Å². The molecule has 1 fully saturated rings. The van der Waals surface area contributed by atoms with Gasteiger partial charge in [-0.3, -0.25) is 4.79 Å². The summed E-state index contributed by atoms with van der Waals surface area (Å²) in [7, 11) is 1.67. The molecular weight excluding hydrogens is 353 g/mol. The minimum atomic E-state index is -0.524. The van der Waals surface area contributed by atoms with Gasteiger partial charge in [-0.15, -0.1) is 0 Å². The van der Waals surface area contributed by atoms with Gasteiger partial charge in [-0.05, 0) is 73.4 Å². The van der Waals surface area contributed by atoms with Crippen molar-refractivity contribution in [2.45, 2.75) is 38.0 Å². The van der Waals surface area contributed by atoms with Gasteiger partial charge in [0.1, 0.15) is 11.6 Å². The Morgan fingerprint density at radius 3 is 2.46 bits per heavy atom. The summed E-state index contributed by atoms with van der Waals surface area (Å²) in [5.74, 6) is 1.20. The van der Waals surface area contributed by atoms with Crippen LogP contribution in [-0.4, -0.2) is 13.0 Å². The van der Waals surface area contributed by atoms with Crippen LogP contribution in [0.5, 0.6) is 5.75 Å². The fraction of sp³-hybridized carbons (Fsp3) is 0.381. The van der Waals surface area contributed by atoms with Gasteiger partial charge in [0, 0.05) is 12.1 Å². The maximum absolute atomic E-state index is 13.4. The molecule has 0 bridgehead atoms. The van der Waals surface area contributed by atoms with Gasteiger partial charge >= 0.3 is 0 Å². The second kappa shape index (κ2) is 8.54. The molecule has 0 aliphatic heterocycles. The summed E-state index contributed by atoms with van der Waals surface area (Å²) in [6, 6.07) is 12.6. The van der Waals surface area contributed by atoms with E-state index in [4.69, 9.17) is 16.3 Å². The number of methoxy groups -OCH3 is 1. The molecule has 1 N–H and O–H groups in total. The Bertz CT molecular complexity index is 755. The zero-order valence-electron chi connectivity index (χ0n) is 14.8. The van der Waals surface area contributed by atoms with E-state index in [1.165, 1.54) is 17.7 Å². The Balaban J connectivity index is 1.48. The minimum absolute atomic E-state index is 0.0554. The molecule has 1 saturated carbocycles. The van der Waals surface area contributed by atoms with Crippen molar-refractivity contribution in [3.05, 3.63) is 58.9 Å². The van der Waals surface area contributed by atoms with Crippen molar-refractivity contribution in [1.29, 1.82) is 0 Å². The third-order valence-corrected chi connectivity index (χ3v) is 5.42. The standard InChI is InChI=1S/C21H23ClFNO2/c1-26-18-9-6-16(7-10-18)15-4-2-14(3-5-15)12-21(25)24-17-8-11-19(22)20(23)13-17/h6-11,13-15H,2-5,12H2,1H3,(H,24,25). The van der Waals surface area contributed by atoms with Crippen LogP contribution in [0.3, 0.4) is 0 Å².